The normalized spacial score (nSPS) is 15.2. The average molecular weight is 274 g/mol. The third-order valence-corrected chi connectivity index (χ3v) is 2.72. The van der Waals surface area contributed by atoms with Gasteiger partial charge in [-0.05, 0) is 28.7 Å². The van der Waals surface area contributed by atoms with Gasteiger partial charge in [-0.15, -0.1) is 0 Å². The summed E-state index contributed by atoms with van der Waals surface area (Å²) in [5.41, 5.74) is 0.754. The molecular weight excluding hydrogens is 267 g/mol. The molecule has 4 heteroatoms. The van der Waals surface area contributed by atoms with E-state index in [4.69, 9.17) is 0 Å². The van der Waals surface area contributed by atoms with E-state index in [-0.39, 0.29) is 5.78 Å². The van der Waals surface area contributed by atoms with E-state index >= 15 is 0 Å². The molecule has 1 aromatic rings. The summed E-state index contributed by atoms with van der Waals surface area (Å²) in [6.07, 6.45) is 2.29. The standard InChI is InChI=1S/C8H7IN2O/c9-5-1-3-10-8-7(5)6(12)2-4-11-8/h1,3H,2,4H2,(H,10,11). The Morgan fingerprint density at radius 2 is 2.42 bits per heavy atom. The molecule has 0 unspecified atom stereocenters. The maximum Gasteiger partial charge on any atom is 0.169 e. The fourth-order valence-electron chi connectivity index (χ4n) is 1.26. The van der Waals surface area contributed by atoms with Crippen molar-refractivity contribution < 1.29 is 4.79 Å². The van der Waals surface area contributed by atoms with E-state index in [0.29, 0.717) is 13.0 Å². The molecule has 12 heavy (non-hydrogen) atoms. The molecule has 0 saturated carbocycles. The first kappa shape index (κ1) is 7.97. The number of anilines is 1. The van der Waals surface area contributed by atoms with Crippen LogP contribution >= 0.6 is 22.6 Å². The molecule has 2 rings (SSSR count). The van der Waals surface area contributed by atoms with Gasteiger partial charge >= 0.3 is 0 Å². The fraction of sp³-hybridized carbons (Fsp3) is 0.250. The minimum atomic E-state index is 0.196. The van der Waals surface area contributed by atoms with Crippen LogP contribution in [0.2, 0.25) is 0 Å². The molecule has 0 bridgehead atoms. The first-order chi connectivity index (χ1) is 5.79. The molecule has 62 valence electrons. The van der Waals surface area contributed by atoms with Gasteiger partial charge in [0.1, 0.15) is 5.82 Å². The highest BCUT2D eigenvalue weighted by atomic mass is 127. The molecule has 0 aliphatic carbocycles. The van der Waals surface area contributed by atoms with E-state index in [1.54, 1.807) is 6.20 Å². The van der Waals surface area contributed by atoms with E-state index in [2.05, 4.69) is 32.9 Å². The lowest BCUT2D eigenvalue weighted by Gasteiger charge is -2.16. The van der Waals surface area contributed by atoms with Gasteiger partial charge in [0.2, 0.25) is 0 Å². The first-order valence-corrected chi connectivity index (χ1v) is 4.78. The summed E-state index contributed by atoms with van der Waals surface area (Å²) in [7, 11) is 0. The molecule has 0 aromatic carbocycles. The number of nitrogens with one attached hydrogen (secondary N) is 1. The number of nitrogens with zero attached hydrogens (tertiary/aromatic N) is 1. The lowest BCUT2D eigenvalue weighted by Crippen LogP contribution is -2.20. The van der Waals surface area contributed by atoms with Crippen LogP contribution in [0.5, 0.6) is 0 Å². The predicted octanol–water partition coefficient (Wildman–Crippen LogP) is 1.68. The van der Waals surface area contributed by atoms with Gasteiger partial charge in [-0.25, -0.2) is 4.98 Å². The largest absolute Gasteiger partial charge is 0.369 e. The molecule has 0 spiro atoms. The number of aromatic nitrogens is 1. The van der Waals surface area contributed by atoms with Gasteiger partial charge in [0.05, 0.1) is 5.56 Å². The molecule has 2 heterocycles. The van der Waals surface area contributed by atoms with E-state index in [1.807, 2.05) is 6.07 Å². The molecule has 1 N–H and O–H groups in total. The zero-order valence-corrected chi connectivity index (χ0v) is 8.46. The van der Waals surface area contributed by atoms with Gasteiger partial charge in [-0.1, -0.05) is 0 Å². The van der Waals surface area contributed by atoms with Crippen molar-refractivity contribution in [2.75, 3.05) is 11.9 Å². The Hall–Kier alpha value is -0.650. The van der Waals surface area contributed by atoms with Gasteiger partial charge in [0.15, 0.2) is 5.78 Å². The third kappa shape index (κ3) is 1.20. The fourth-order valence-corrected chi connectivity index (χ4v) is 1.97. The Balaban J connectivity index is 2.60. The molecule has 0 atom stereocenters. The van der Waals surface area contributed by atoms with E-state index in [1.165, 1.54) is 0 Å². The monoisotopic (exact) mass is 274 g/mol. The predicted molar refractivity (Wildman–Crippen MR) is 54.4 cm³/mol. The van der Waals surface area contributed by atoms with E-state index in [0.717, 1.165) is 15.0 Å². The SMILES string of the molecule is O=C1CCNc2nccc(I)c21. The highest BCUT2D eigenvalue weighted by Gasteiger charge is 2.19. The summed E-state index contributed by atoms with van der Waals surface area (Å²) < 4.78 is 0.981. The van der Waals surface area contributed by atoms with Crippen LogP contribution in [0.25, 0.3) is 0 Å². The number of fused-ring (bicyclic) bond motifs is 1. The van der Waals surface area contributed by atoms with Crippen molar-refractivity contribution >= 4 is 34.2 Å². The molecule has 1 aliphatic rings. The van der Waals surface area contributed by atoms with Crippen LogP contribution in [0.4, 0.5) is 5.82 Å². The van der Waals surface area contributed by atoms with Crippen molar-refractivity contribution in [3.05, 3.63) is 21.4 Å². The van der Waals surface area contributed by atoms with Crippen molar-refractivity contribution in [2.24, 2.45) is 0 Å². The Morgan fingerprint density at radius 1 is 1.58 bits per heavy atom. The number of Topliss-reactive ketones (excluding diaryl/α,β-unsaturated/α-hetero) is 1. The summed E-state index contributed by atoms with van der Waals surface area (Å²) >= 11 is 2.16. The Morgan fingerprint density at radius 3 is 3.17 bits per heavy atom. The second-order valence-electron chi connectivity index (χ2n) is 2.62. The van der Waals surface area contributed by atoms with Crippen LogP contribution in [0.15, 0.2) is 12.3 Å². The number of hydrogen-bond acceptors (Lipinski definition) is 3. The van der Waals surface area contributed by atoms with Gasteiger partial charge in [0.25, 0.3) is 0 Å². The summed E-state index contributed by atoms with van der Waals surface area (Å²) in [6, 6.07) is 1.85. The van der Waals surface area contributed by atoms with Crippen molar-refractivity contribution in [1.29, 1.82) is 0 Å². The van der Waals surface area contributed by atoms with Crippen molar-refractivity contribution in [1.82, 2.24) is 4.98 Å². The maximum atomic E-state index is 11.4. The van der Waals surface area contributed by atoms with Crippen LogP contribution in [0, 0.1) is 3.57 Å². The van der Waals surface area contributed by atoms with E-state index in [9.17, 15) is 4.79 Å². The molecule has 0 amide bonds. The van der Waals surface area contributed by atoms with Crippen LogP contribution in [-0.2, 0) is 0 Å². The number of hydrogen-bond donors (Lipinski definition) is 1. The highest BCUT2D eigenvalue weighted by molar-refractivity contribution is 14.1. The van der Waals surface area contributed by atoms with Crippen LogP contribution in [0.3, 0.4) is 0 Å². The number of pyridine rings is 1. The zero-order valence-electron chi connectivity index (χ0n) is 6.30. The van der Waals surface area contributed by atoms with Crippen molar-refractivity contribution in [3.63, 3.8) is 0 Å². The third-order valence-electron chi connectivity index (χ3n) is 1.82. The minimum Gasteiger partial charge on any atom is -0.369 e. The molecule has 0 saturated heterocycles. The Kier molecular flexibility index (Phi) is 2.00. The summed E-state index contributed by atoms with van der Waals surface area (Å²) in [6.45, 7) is 0.707. The first-order valence-electron chi connectivity index (χ1n) is 3.70. The minimum absolute atomic E-state index is 0.196. The van der Waals surface area contributed by atoms with Crippen LogP contribution in [0.1, 0.15) is 16.8 Å². The second kappa shape index (κ2) is 3.01. The summed E-state index contributed by atoms with van der Waals surface area (Å²) in [4.78, 5) is 15.5. The summed E-state index contributed by atoms with van der Waals surface area (Å²) in [5.74, 6) is 0.930. The molecular formula is C8H7IN2O. The van der Waals surface area contributed by atoms with Gasteiger partial charge < -0.3 is 5.32 Å². The van der Waals surface area contributed by atoms with Crippen molar-refractivity contribution in [3.8, 4) is 0 Å². The number of rotatable bonds is 0. The zero-order chi connectivity index (χ0) is 8.55. The molecule has 1 aliphatic heterocycles. The average Bonchev–Trinajstić information content (AvgIpc) is 2.04. The Bertz CT molecular complexity index is 338. The lowest BCUT2D eigenvalue weighted by molar-refractivity contribution is 0.0982. The molecule has 1 aromatic heterocycles. The Labute approximate surface area is 83.7 Å². The van der Waals surface area contributed by atoms with Crippen LogP contribution in [-0.4, -0.2) is 17.3 Å². The van der Waals surface area contributed by atoms with Crippen LogP contribution < -0.4 is 5.32 Å². The van der Waals surface area contributed by atoms with Gasteiger partial charge in [0, 0.05) is 22.7 Å². The smallest absolute Gasteiger partial charge is 0.169 e. The molecule has 0 fully saturated rings. The second-order valence-corrected chi connectivity index (χ2v) is 3.78. The lowest BCUT2D eigenvalue weighted by atomic mass is 10.1. The van der Waals surface area contributed by atoms with E-state index < -0.39 is 0 Å². The number of ketones is 1. The highest BCUT2D eigenvalue weighted by Crippen LogP contribution is 2.23. The number of carbonyl (C=O) groups excluding carboxylic acids is 1. The molecule has 3 nitrogen and oxygen atoms in total. The topological polar surface area (TPSA) is 42.0 Å². The summed E-state index contributed by atoms with van der Waals surface area (Å²) in [5, 5.41) is 3.10. The molecule has 0 radical (unpaired) electrons. The maximum absolute atomic E-state index is 11.4. The number of halogens is 1. The number of carbonyl (C=O) groups is 1. The van der Waals surface area contributed by atoms with Gasteiger partial charge in [-0.2, -0.15) is 0 Å². The quantitative estimate of drug-likeness (QED) is 0.732. The van der Waals surface area contributed by atoms with Crippen molar-refractivity contribution in [2.45, 2.75) is 6.42 Å². The van der Waals surface area contributed by atoms with Gasteiger partial charge in [-0.3, -0.25) is 4.79 Å².